The lowest BCUT2D eigenvalue weighted by Gasteiger charge is -1.96. The smallest absolute Gasteiger partial charge is 0.300 e. The first kappa shape index (κ1) is 12.0. The van der Waals surface area contributed by atoms with Crippen molar-refractivity contribution < 1.29 is 4.74 Å². The Balaban J connectivity index is 1.89. The fourth-order valence-electron chi connectivity index (χ4n) is 1.26. The molecule has 0 bridgehead atoms. The molecule has 2 aromatic heterocycles. The molecule has 0 saturated carbocycles. The zero-order chi connectivity index (χ0) is 12.1. The van der Waals surface area contributed by atoms with Crippen molar-refractivity contribution in [2.75, 3.05) is 6.54 Å². The van der Waals surface area contributed by atoms with E-state index in [2.05, 4.69) is 32.6 Å². The van der Waals surface area contributed by atoms with Gasteiger partial charge in [0.25, 0.3) is 0 Å². The minimum Gasteiger partial charge on any atom is -0.409 e. The van der Waals surface area contributed by atoms with E-state index in [9.17, 15) is 0 Å². The third-order valence-electron chi connectivity index (χ3n) is 2.03. The topological polar surface area (TPSA) is 75.7 Å². The Bertz CT molecular complexity index is 467. The van der Waals surface area contributed by atoms with Crippen LogP contribution in [0.15, 0.2) is 6.07 Å². The second-order valence-corrected chi connectivity index (χ2v) is 4.65. The molecule has 0 aliphatic heterocycles. The van der Waals surface area contributed by atoms with E-state index in [4.69, 9.17) is 4.74 Å². The molecule has 0 aliphatic carbocycles. The summed E-state index contributed by atoms with van der Waals surface area (Å²) < 4.78 is 5.46. The molecular formula is C10H15N5OS. The molecule has 0 aromatic carbocycles. The Hall–Kier alpha value is -1.47. The van der Waals surface area contributed by atoms with Crippen molar-refractivity contribution in [1.82, 2.24) is 25.7 Å². The molecule has 2 aromatic rings. The van der Waals surface area contributed by atoms with E-state index < -0.39 is 0 Å². The number of aromatic amines is 1. The maximum Gasteiger partial charge on any atom is 0.300 e. The molecule has 2 rings (SSSR count). The summed E-state index contributed by atoms with van der Waals surface area (Å²) in [5.74, 6) is 0.520. The predicted molar refractivity (Wildman–Crippen MR) is 65.3 cm³/mol. The average Bonchev–Trinajstić information content (AvgIpc) is 2.90. The van der Waals surface area contributed by atoms with Crippen LogP contribution in [0.5, 0.6) is 11.1 Å². The SMILES string of the molecule is CCCNCc1nnc(Oc2cc(C)[nH]n2)s1. The van der Waals surface area contributed by atoms with E-state index in [1.54, 1.807) is 0 Å². The van der Waals surface area contributed by atoms with Gasteiger partial charge in [0, 0.05) is 18.3 Å². The lowest BCUT2D eigenvalue weighted by Crippen LogP contribution is -2.13. The predicted octanol–water partition coefficient (Wildman–Crippen LogP) is 1.86. The van der Waals surface area contributed by atoms with E-state index >= 15 is 0 Å². The number of H-pyrrole nitrogens is 1. The van der Waals surface area contributed by atoms with Crippen LogP contribution in [0.1, 0.15) is 24.0 Å². The molecule has 6 nitrogen and oxygen atoms in total. The second kappa shape index (κ2) is 5.74. The molecule has 0 saturated heterocycles. The van der Waals surface area contributed by atoms with Crippen LogP contribution in [-0.2, 0) is 6.54 Å². The Morgan fingerprint density at radius 1 is 1.47 bits per heavy atom. The van der Waals surface area contributed by atoms with Gasteiger partial charge in [-0.05, 0) is 19.9 Å². The van der Waals surface area contributed by atoms with Gasteiger partial charge in [-0.2, -0.15) is 0 Å². The fourth-order valence-corrected chi connectivity index (χ4v) is 1.92. The van der Waals surface area contributed by atoms with Crippen molar-refractivity contribution in [1.29, 1.82) is 0 Å². The van der Waals surface area contributed by atoms with Gasteiger partial charge in [-0.25, -0.2) is 0 Å². The number of nitrogens with zero attached hydrogens (tertiary/aromatic N) is 3. The molecule has 0 amide bonds. The molecule has 0 fully saturated rings. The molecule has 0 spiro atoms. The van der Waals surface area contributed by atoms with Gasteiger partial charge >= 0.3 is 5.19 Å². The van der Waals surface area contributed by atoms with Crippen LogP contribution in [0.2, 0.25) is 0 Å². The number of ether oxygens (including phenoxy) is 1. The molecule has 0 atom stereocenters. The monoisotopic (exact) mass is 253 g/mol. The number of nitrogens with one attached hydrogen (secondary N) is 2. The van der Waals surface area contributed by atoms with E-state index in [0.29, 0.717) is 11.1 Å². The highest BCUT2D eigenvalue weighted by Gasteiger charge is 2.07. The standard InChI is InChI=1S/C10H15N5OS/c1-3-4-11-6-9-14-15-10(17-9)16-8-5-7(2)12-13-8/h5,11H,3-4,6H2,1-2H3,(H,12,13). The van der Waals surface area contributed by atoms with E-state index in [0.717, 1.165) is 30.2 Å². The highest BCUT2D eigenvalue weighted by atomic mass is 32.1. The van der Waals surface area contributed by atoms with Crippen LogP contribution in [0.3, 0.4) is 0 Å². The van der Waals surface area contributed by atoms with Gasteiger partial charge in [0.2, 0.25) is 5.88 Å². The summed E-state index contributed by atoms with van der Waals surface area (Å²) in [6.07, 6.45) is 1.11. The lowest BCUT2D eigenvalue weighted by molar-refractivity contribution is 0.453. The molecule has 0 aliphatic rings. The summed E-state index contributed by atoms with van der Waals surface area (Å²) in [7, 11) is 0. The summed E-state index contributed by atoms with van der Waals surface area (Å²) >= 11 is 1.43. The van der Waals surface area contributed by atoms with Crippen molar-refractivity contribution in [3.63, 3.8) is 0 Å². The highest BCUT2D eigenvalue weighted by molar-refractivity contribution is 7.13. The minimum atomic E-state index is 0.518. The molecule has 0 unspecified atom stereocenters. The summed E-state index contributed by atoms with van der Waals surface area (Å²) in [4.78, 5) is 0. The van der Waals surface area contributed by atoms with Gasteiger partial charge in [0.15, 0.2) is 0 Å². The van der Waals surface area contributed by atoms with Crippen molar-refractivity contribution in [3.05, 3.63) is 16.8 Å². The first-order valence-electron chi connectivity index (χ1n) is 5.51. The molecular weight excluding hydrogens is 238 g/mol. The van der Waals surface area contributed by atoms with Crippen molar-refractivity contribution in [3.8, 4) is 11.1 Å². The molecule has 92 valence electrons. The van der Waals surface area contributed by atoms with Crippen molar-refractivity contribution in [2.45, 2.75) is 26.8 Å². The number of aromatic nitrogens is 4. The molecule has 7 heteroatoms. The number of hydrogen-bond acceptors (Lipinski definition) is 6. The van der Waals surface area contributed by atoms with Crippen molar-refractivity contribution >= 4 is 11.3 Å². The summed E-state index contributed by atoms with van der Waals surface area (Å²) in [5.41, 5.74) is 0.953. The van der Waals surface area contributed by atoms with Crippen LogP contribution in [0.25, 0.3) is 0 Å². The summed E-state index contributed by atoms with van der Waals surface area (Å²) in [6, 6.07) is 1.82. The molecule has 0 radical (unpaired) electrons. The van der Waals surface area contributed by atoms with E-state index in [-0.39, 0.29) is 0 Å². The summed E-state index contributed by atoms with van der Waals surface area (Å²) in [6.45, 7) is 5.75. The summed E-state index contributed by atoms with van der Waals surface area (Å²) in [5, 5.41) is 19.5. The Morgan fingerprint density at radius 3 is 3.06 bits per heavy atom. The van der Waals surface area contributed by atoms with E-state index in [1.165, 1.54) is 11.3 Å². The number of rotatable bonds is 6. The van der Waals surface area contributed by atoms with Crippen LogP contribution < -0.4 is 10.1 Å². The minimum absolute atomic E-state index is 0.518. The van der Waals surface area contributed by atoms with Gasteiger partial charge in [-0.1, -0.05) is 23.4 Å². The van der Waals surface area contributed by atoms with Crippen LogP contribution in [0.4, 0.5) is 0 Å². The zero-order valence-corrected chi connectivity index (χ0v) is 10.7. The molecule has 17 heavy (non-hydrogen) atoms. The third-order valence-corrected chi connectivity index (χ3v) is 2.83. The lowest BCUT2D eigenvalue weighted by atomic mass is 10.5. The Kier molecular flexibility index (Phi) is 4.05. The Labute approximate surface area is 103 Å². The third kappa shape index (κ3) is 3.50. The first-order valence-corrected chi connectivity index (χ1v) is 6.32. The zero-order valence-electron chi connectivity index (χ0n) is 9.86. The van der Waals surface area contributed by atoms with E-state index in [1.807, 2.05) is 13.0 Å². The van der Waals surface area contributed by atoms with Crippen molar-refractivity contribution in [2.24, 2.45) is 0 Å². The maximum absolute atomic E-state index is 5.46. The first-order chi connectivity index (χ1) is 8.28. The maximum atomic E-state index is 5.46. The number of aryl methyl sites for hydroxylation is 1. The van der Waals surface area contributed by atoms with Gasteiger partial charge in [-0.3, -0.25) is 5.10 Å². The fraction of sp³-hybridized carbons (Fsp3) is 0.500. The second-order valence-electron chi connectivity index (χ2n) is 3.63. The normalized spacial score (nSPS) is 10.7. The van der Waals surface area contributed by atoms with Gasteiger partial charge < -0.3 is 10.1 Å². The van der Waals surface area contributed by atoms with Gasteiger partial charge in [0.1, 0.15) is 5.01 Å². The van der Waals surface area contributed by atoms with Gasteiger partial charge in [-0.15, -0.1) is 10.2 Å². The Morgan fingerprint density at radius 2 is 2.35 bits per heavy atom. The molecule has 2 N–H and O–H groups in total. The molecule has 2 heterocycles. The van der Waals surface area contributed by atoms with Crippen LogP contribution >= 0.6 is 11.3 Å². The number of hydrogen-bond donors (Lipinski definition) is 2. The average molecular weight is 253 g/mol. The largest absolute Gasteiger partial charge is 0.409 e. The van der Waals surface area contributed by atoms with Crippen LogP contribution in [-0.4, -0.2) is 26.9 Å². The highest BCUT2D eigenvalue weighted by Crippen LogP contribution is 2.23. The van der Waals surface area contributed by atoms with Gasteiger partial charge in [0.05, 0.1) is 0 Å². The van der Waals surface area contributed by atoms with Crippen LogP contribution in [0, 0.1) is 6.92 Å². The quantitative estimate of drug-likeness (QED) is 0.768.